The largest absolute Gasteiger partial charge is 0.368 e. The quantitative estimate of drug-likeness (QED) is 0.757. The van der Waals surface area contributed by atoms with Crippen LogP contribution in [0.5, 0.6) is 0 Å². The zero-order chi connectivity index (χ0) is 19.9. The van der Waals surface area contributed by atoms with Gasteiger partial charge in [-0.05, 0) is 44.1 Å². The third-order valence-electron chi connectivity index (χ3n) is 5.49. The Balaban J connectivity index is 1.39. The molecule has 0 spiro atoms. The van der Waals surface area contributed by atoms with E-state index in [1.807, 2.05) is 29.2 Å². The van der Waals surface area contributed by atoms with Crippen molar-refractivity contribution in [3.63, 3.8) is 0 Å². The Bertz CT molecular complexity index is 732. The van der Waals surface area contributed by atoms with Crippen molar-refractivity contribution in [2.45, 2.75) is 12.8 Å². The van der Waals surface area contributed by atoms with Gasteiger partial charge in [0.1, 0.15) is 0 Å². The van der Waals surface area contributed by atoms with Crippen molar-refractivity contribution in [3.8, 4) is 12.3 Å². The second kappa shape index (κ2) is 9.81. The number of carbonyl (C=O) groups excluding carboxylic acids is 2. The fourth-order valence-electron chi connectivity index (χ4n) is 3.79. The number of likely N-dealkylation sites (tertiary alicyclic amines) is 1. The Morgan fingerprint density at radius 1 is 1.14 bits per heavy atom. The summed E-state index contributed by atoms with van der Waals surface area (Å²) in [4.78, 5) is 31.0. The summed E-state index contributed by atoms with van der Waals surface area (Å²) in [6, 6.07) is 7.75. The standard InChI is InChI=1S/C21H27ClN4O2/c1-2-8-24-9-6-17(7-10-24)21(28)23-16-20(27)26-13-11-25(12-14-26)19-5-3-4-18(22)15-19/h1,3-5,15,17H,6-14,16H2,(H,23,28). The number of terminal acetylenes is 1. The number of amides is 2. The fraction of sp³-hybridized carbons (Fsp3) is 0.524. The van der Waals surface area contributed by atoms with Crippen LogP contribution in [0.15, 0.2) is 24.3 Å². The molecule has 7 heteroatoms. The number of piperidine rings is 1. The molecule has 2 heterocycles. The number of halogens is 1. The smallest absolute Gasteiger partial charge is 0.242 e. The molecule has 2 aliphatic rings. The Hall–Kier alpha value is -2.23. The number of carbonyl (C=O) groups is 2. The first-order chi connectivity index (χ1) is 13.6. The molecule has 6 nitrogen and oxygen atoms in total. The molecule has 2 aliphatic heterocycles. The van der Waals surface area contributed by atoms with Gasteiger partial charge in [-0.25, -0.2) is 0 Å². The average molecular weight is 403 g/mol. The van der Waals surface area contributed by atoms with E-state index in [1.165, 1.54) is 0 Å². The van der Waals surface area contributed by atoms with E-state index in [0.29, 0.717) is 24.7 Å². The highest BCUT2D eigenvalue weighted by Crippen LogP contribution is 2.21. The highest BCUT2D eigenvalue weighted by molar-refractivity contribution is 6.30. The zero-order valence-corrected chi connectivity index (χ0v) is 16.8. The van der Waals surface area contributed by atoms with E-state index in [-0.39, 0.29) is 24.3 Å². The van der Waals surface area contributed by atoms with Crippen LogP contribution in [0.1, 0.15) is 12.8 Å². The molecule has 150 valence electrons. The number of benzene rings is 1. The van der Waals surface area contributed by atoms with Crippen LogP contribution in [0.2, 0.25) is 5.02 Å². The first kappa shape index (κ1) is 20.5. The number of hydrogen-bond acceptors (Lipinski definition) is 4. The van der Waals surface area contributed by atoms with Crippen LogP contribution in [0.3, 0.4) is 0 Å². The van der Waals surface area contributed by atoms with Gasteiger partial charge >= 0.3 is 0 Å². The molecule has 2 saturated heterocycles. The van der Waals surface area contributed by atoms with Crippen LogP contribution >= 0.6 is 11.6 Å². The van der Waals surface area contributed by atoms with Gasteiger partial charge in [-0.3, -0.25) is 14.5 Å². The second-order valence-electron chi connectivity index (χ2n) is 7.32. The van der Waals surface area contributed by atoms with Gasteiger partial charge in [-0.1, -0.05) is 23.6 Å². The molecule has 0 unspecified atom stereocenters. The fourth-order valence-corrected chi connectivity index (χ4v) is 3.97. The highest BCUT2D eigenvalue weighted by Gasteiger charge is 2.26. The molecule has 3 rings (SSSR count). The second-order valence-corrected chi connectivity index (χ2v) is 7.76. The van der Waals surface area contributed by atoms with E-state index >= 15 is 0 Å². The summed E-state index contributed by atoms with van der Waals surface area (Å²) in [5.74, 6) is 2.57. The van der Waals surface area contributed by atoms with E-state index in [0.717, 1.165) is 44.7 Å². The number of anilines is 1. The Labute approximate surface area is 171 Å². The molecule has 0 saturated carbocycles. The molecule has 0 radical (unpaired) electrons. The minimum Gasteiger partial charge on any atom is -0.368 e. The molecule has 0 atom stereocenters. The van der Waals surface area contributed by atoms with E-state index in [9.17, 15) is 9.59 Å². The minimum absolute atomic E-state index is 0.0220. The summed E-state index contributed by atoms with van der Waals surface area (Å²) in [7, 11) is 0. The number of nitrogens with one attached hydrogen (secondary N) is 1. The third kappa shape index (κ3) is 5.40. The first-order valence-electron chi connectivity index (χ1n) is 9.78. The average Bonchev–Trinajstić information content (AvgIpc) is 2.72. The zero-order valence-electron chi connectivity index (χ0n) is 16.1. The maximum Gasteiger partial charge on any atom is 0.242 e. The molecular formula is C21H27ClN4O2. The summed E-state index contributed by atoms with van der Waals surface area (Å²) in [6.07, 6.45) is 6.92. The number of rotatable bonds is 5. The van der Waals surface area contributed by atoms with E-state index in [1.54, 1.807) is 0 Å². The number of hydrogen-bond donors (Lipinski definition) is 1. The van der Waals surface area contributed by atoms with Crippen molar-refractivity contribution in [2.75, 3.05) is 57.3 Å². The molecule has 1 aromatic rings. The molecule has 0 aliphatic carbocycles. The van der Waals surface area contributed by atoms with Gasteiger partial charge in [-0.2, -0.15) is 0 Å². The predicted octanol–water partition coefficient (Wildman–Crippen LogP) is 1.45. The van der Waals surface area contributed by atoms with Gasteiger partial charge in [0.05, 0.1) is 13.1 Å². The lowest BCUT2D eigenvalue weighted by Crippen LogP contribution is -2.52. The minimum atomic E-state index is -0.0264. The van der Waals surface area contributed by atoms with E-state index in [4.69, 9.17) is 18.0 Å². The van der Waals surface area contributed by atoms with Crippen LogP contribution in [-0.2, 0) is 9.59 Å². The van der Waals surface area contributed by atoms with Gasteiger partial charge in [0, 0.05) is 42.8 Å². The van der Waals surface area contributed by atoms with Gasteiger partial charge in [0.2, 0.25) is 11.8 Å². The molecule has 0 aromatic heterocycles. The maximum absolute atomic E-state index is 12.5. The normalized spacial score (nSPS) is 18.6. The SMILES string of the molecule is C#CCN1CCC(C(=O)NCC(=O)N2CCN(c3cccc(Cl)c3)CC2)CC1. The topological polar surface area (TPSA) is 55.9 Å². The molecule has 2 fully saturated rings. The van der Waals surface area contributed by atoms with Crippen molar-refractivity contribution in [1.82, 2.24) is 15.1 Å². The number of nitrogens with zero attached hydrogens (tertiary/aromatic N) is 3. The van der Waals surface area contributed by atoms with Gasteiger partial charge in [0.15, 0.2) is 0 Å². The van der Waals surface area contributed by atoms with Crippen molar-refractivity contribution < 1.29 is 9.59 Å². The van der Waals surface area contributed by atoms with Crippen LogP contribution in [0, 0.1) is 18.3 Å². The monoisotopic (exact) mass is 402 g/mol. The molecule has 1 aromatic carbocycles. The van der Waals surface area contributed by atoms with Crippen LogP contribution in [0.25, 0.3) is 0 Å². The van der Waals surface area contributed by atoms with E-state index < -0.39 is 0 Å². The lowest BCUT2D eigenvalue weighted by molar-refractivity contribution is -0.134. The highest BCUT2D eigenvalue weighted by atomic mass is 35.5. The van der Waals surface area contributed by atoms with Crippen molar-refractivity contribution in [2.24, 2.45) is 5.92 Å². The maximum atomic E-state index is 12.5. The summed E-state index contributed by atoms with van der Waals surface area (Å²) in [6.45, 7) is 5.18. The molecule has 28 heavy (non-hydrogen) atoms. The summed E-state index contributed by atoms with van der Waals surface area (Å²) >= 11 is 6.06. The first-order valence-corrected chi connectivity index (χ1v) is 10.2. The van der Waals surface area contributed by atoms with Crippen molar-refractivity contribution >= 4 is 29.1 Å². The van der Waals surface area contributed by atoms with Crippen LogP contribution < -0.4 is 10.2 Å². The lowest BCUT2D eigenvalue weighted by atomic mass is 9.96. The third-order valence-corrected chi connectivity index (χ3v) is 5.73. The molecule has 2 amide bonds. The molecule has 1 N–H and O–H groups in total. The van der Waals surface area contributed by atoms with Gasteiger partial charge < -0.3 is 15.1 Å². The lowest BCUT2D eigenvalue weighted by Gasteiger charge is -2.36. The predicted molar refractivity (Wildman–Crippen MR) is 111 cm³/mol. The summed E-state index contributed by atoms with van der Waals surface area (Å²) in [5.41, 5.74) is 1.07. The summed E-state index contributed by atoms with van der Waals surface area (Å²) < 4.78 is 0. The molecule has 0 bridgehead atoms. The summed E-state index contributed by atoms with van der Waals surface area (Å²) in [5, 5.41) is 3.54. The van der Waals surface area contributed by atoms with E-state index in [2.05, 4.69) is 21.0 Å². The molecular weight excluding hydrogens is 376 g/mol. The van der Waals surface area contributed by atoms with Gasteiger partial charge in [0.25, 0.3) is 0 Å². The Kier molecular flexibility index (Phi) is 7.18. The van der Waals surface area contributed by atoms with Crippen LogP contribution in [0.4, 0.5) is 5.69 Å². The van der Waals surface area contributed by atoms with Crippen molar-refractivity contribution in [1.29, 1.82) is 0 Å². The van der Waals surface area contributed by atoms with Crippen molar-refractivity contribution in [3.05, 3.63) is 29.3 Å². The van der Waals surface area contributed by atoms with Crippen LogP contribution in [-0.4, -0.2) is 74.0 Å². The Morgan fingerprint density at radius 2 is 1.86 bits per heavy atom. The Morgan fingerprint density at radius 3 is 2.50 bits per heavy atom. The van der Waals surface area contributed by atoms with Gasteiger partial charge in [-0.15, -0.1) is 6.42 Å². The number of piperazine rings is 1.